The Morgan fingerprint density at radius 1 is 1.17 bits per heavy atom. The summed E-state index contributed by atoms with van der Waals surface area (Å²) in [7, 11) is 1.58. The average molecular weight is 313 g/mol. The third kappa shape index (κ3) is 3.39. The van der Waals surface area contributed by atoms with Crippen molar-refractivity contribution in [3.05, 3.63) is 59.3 Å². The lowest BCUT2D eigenvalue weighted by Crippen LogP contribution is -2.22. The molecule has 3 rings (SSSR count). The summed E-state index contributed by atoms with van der Waals surface area (Å²) in [5.74, 6) is 1.65. The number of methoxy groups -OCH3 is 1. The van der Waals surface area contributed by atoms with E-state index in [0.717, 1.165) is 0 Å². The van der Waals surface area contributed by atoms with Crippen molar-refractivity contribution in [1.29, 1.82) is 0 Å². The molecule has 3 aromatic rings. The summed E-state index contributed by atoms with van der Waals surface area (Å²) < 4.78 is 17.6. The van der Waals surface area contributed by atoms with Gasteiger partial charge in [0.05, 0.1) is 19.2 Å². The minimum atomic E-state index is -0.128. The molecule has 2 heterocycles. The maximum atomic E-state index is 11.9. The first kappa shape index (κ1) is 14.8. The fourth-order valence-corrected chi connectivity index (χ4v) is 2.12. The summed E-state index contributed by atoms with van der Waals surface area (Å²) in [6.07, 6.45) is 2.91. The molecule has 0 aliphatic carbocycles. The van der Waals surface area contributed by atoms with Gasteiger partial charge < -0.3 is 18.5 Å². The van der Waals surface area contributed by atoms with Crippen LogP contribution in [0.25, 0.3) is 11.5 Å². The van der Waals surface area contributed by atoms with E-state index in [0.29, 0.717) is 36.1 Å². The Morgan fingerprint density at radius 3 is 2.74 bits per heavy atom. The molecule has 0 aliphatic rings. The van der Waals surface area contributed by atoms with Gasteiger partial charge in [-0.2, -0.15) is 0 Å². The fraction of sp³-hybridized carbons (Fsp3) is 0.188. The summed E-state index contributed by atoms with van der Waals surface area (Å²) >= 11 is 0. The molecule has 0 fully saturated rings. The molecule has 0 amide bonds. The second kappa shape index (κ2) is 6.78. The molecule has 7 nitrogen and oxygen atoms in total. The molecular weight excluding hydrogens is 298 g/mol. The van der Waals surface area contributed by atoms with Gasteiger partial charge in [0.2, 0.25) is 12.3 Å². The summed E-state index contributed by atoms with van der Waals surface area (Å²) in [6.45, 7) is 0.715. The van der Waals surface area contributed by atoms with Crippen LogP contribution in [0.3, 0.4) is 0 Å². The van der Waals surface area contributed by atoms with Crippen LogP contribution in [-0.2, 0) is 6.54 Å². The molecule has 2 aromatic heterocycles. The second-order valence-corrected chi connectivity index (χ2v) is 4.69. The molecule has 0 saturated carbocycles. The molecule has 0 atom stereocenters. The molecule has 0 unspecified atom stereocenters. The Balaban J connectivity index is 1.71. The lowest BCUT2D eigenvalue weighted by Gasteiger charge is -2.11. The van der Waals surface area contributed by atoms with E-state index in [-0.39, 0.29) is 5.56 Å². The molecule has 0 N–H and O–H groups in total. The topological polar surface area (TPSA) is 79.4 Å². The summed E-state index contributed by atoms with van der Waals surface area (Å²) in [5, 5.41) is 7.46. The highest BCUT2D eigenvalue weighted by atomic mass is 16.5. The van der Waals surface area contributed by atoms with Crippen molar-refractivity contribution < 1.29 is 13.9 Å². The van der Waals surface area contributed by atoms with Gasteiger partial charge in [-0.3, -0.25) is 4.79 Å². The van der Waals surface area contributed by atoms with Crippen molar-refractivity contribution in [2.75, 3.05) is 13.7 Å². The average Bonchev–Trinajstić information content (AvgIpc) is 3.11. The molecular formula is C16H15N3O4. The molecule has 23 heavy (non-hydrogen) atoms. The van der Waals surface area contributed by atoms with Crippen LogP contribution in [0.2, 0.25) is 0 Å². The van der Waals surface area contributed by atoms with Gasteiger partial charge in [0.25, 0.3) is 5.56 Å². The summed E-state index contributed by atoms with van der Waals surface area (Å²) in [6, 6.07) is 10.5. The minimum Gasteiger partial charge on any atom is -0.493 e. The van der Waals surface area contributed by atoms with E-state index in [1.165, 1.54) is 17.0 Å². The monoisotopic (exact) mass is 313 g/mol. The Morgan fingerprint density at radius 2 is 2.00 bits per heavy atom. The number of nitrogens with zero attached hydrogens (tertiary/aromatic N) is 3. The highest BCUT2D eigenvalue weighted by Gasteiger charge is 2.07. The first-order valence-corrected chi connectivity index (χ1v) is 7.01. The summed E-state index contributed by atoms with van der Waals surface area (Å²) in [4.78, 5) is 11.9. The first-order valence-electron chi connectivity index (χ1n) is 7.01. The van der Waals surface area contributed by atoms with Crippen LogP contribution in [0.5, 0.6) is 11.5 Å². The maximum absolute atomic E-state index is 11.9. The van der Waals surface area contributed by atoms with Crippen molar-refractivity contribution in [2.24, 2.45) is 0 Å². The van der Waals surface area contributed by atoms with E-state index in [9.17, 15) is 4.79 Å². The predicted octanol–water partition coefficient (Wildman–Crippen LogP) is 1.99. The van der Waals surface area contributed by atoms with E-state index in [1.54, 1.807) is 19.4 Å². The van der Waals surface area contributed by atoms with Crippen LogP contribution < -0.4 is 15.0 Å². The number of aromatic nitrogens is 3. The van der Waals surface area contributed by atoms with Gasteiger partial charge in [-0.15, -0.1) is 10.2 Å². The van der Waals surface area contributed by atoms with Crippen LogP contribution in [0.4, 0.5) is 0 Å². The van der Waals surface area contributed by atoms with E-state index in [2.05, 4.69) is 10.2 Å². The van der Waals surface area contributed by atoms with Crippen molar-refractivity contribution in [1.82, 2.24) is 14.8 Å². The largest absolute Gasteiger partial charge is 0.493 e. The van der Waals surface area contributed by atoms with E-state index < -0.39 is 0 Å². The molecule has 0 radical (unpaired) electrons. The highest BCUT2D eigenvalue weighted by Crippen LogP contribution is 2.25. The van der Waals surface area contributed by atoms with Gasteiger partial charge in [-0.1, -0.05) is 12.1 Å². The quantitative estimate of drug-likeness (QED) is 0.692. The molecule has 1 aromatic carbocycles. The van der Waals surface area contributed by atoms with Gasteiger partial charge in [0.1, 0.15) is 6.61 Å². The second-order valence-electron chi connectivity index (χ2n) is 4.69. The van der Waals surface area contributed by atoms with Crippen LogP contribution in [0, 0.1) is 0 Å². The molecule has 0 aliphatic heterocycles. The van der Waals surface area contributed by atoms with E-state index >= 15 is 0 Å². The van der Waals surface area contributed by atoms with Crippen LogP contribution in [-0.4, -0.2) is 28.5 Å². The zero-order valence-corrected chi connectivity index (χ0v) is 12.5. The van der Waals surface area contributed by atoms with Gasteiger partial charge in [-0.05, 0) is 18.2 Å². The van der Waals surface area contributed by atoms with Gasteiger partial charge in [-0.25, -0.2) is 0 Å². The van der Waals surface area contributed by atoms with Crippen molar-refractivity contribution >= 4 is 0 Å². The lowest BCUT2D eigenvalue weighted by atomic mass is 10.3. The van der Waals surface area contributed by atoms with E-state index in [1.807, 2.05) is 24.3 Å². The van der Waals surface area contributed by atoms with E-state index in [4.69, 9.17) is 13.9 Å². The predicted molar refractivity (Wildman–Crippen MR) is 82.5 cm³/mol. The Labute approximate surface area is 132 Å². The Kier molecular flexibility index (Phi) is 4.37. The third-order valence-corrected chi connectivity index (χ3v) is 3.25. The molecule has 0 saturated heterocycles. The molecule has 7 heteroatoms. The third-order valence-electron chi connectivity index (χ3n) is 3.25. The number of ether oxygens (including phenoxy) is 2. The SMILES string of the molecule is COc1ccccc1OCCn1cc(-c2nnco2)ccc1=O. The molecule has 0 spiro atoms. The summed E-state index contributed by atoms with van der Waals surface area (Å²) in [5.41, 5.74) is 0.552. The van der Waals surface area contributed by atoms with Crippen LogP contribution in [0.15, 0.2) is 58.2 Å². The maximum Gasteiger partial charge on any atom is 0.250 e. The fourth-order valence-electron chi connectivity index (χ4n) is 2.12. The zero-order valence-electron chi connectivity index (χ0n) is 12.5. The molecule has 0 bridgehead atoms. The lowest BCUT2D eigenvalue weighted by molar-refractivity contribution is 0.278. The Bertz CT molecular complexity index is 827. The Hall–Kier alpha value is -3.09. The number of benzene rings is 1. The molecule has 118 valence electrons. The van der Waals surface area contributed by atoms with Crippen LogP contribution >= 0.6 is 0 Å². The number of hydrogen-bond donors (Lipinski definition) is 0. The first-order chi connectivity index (χ1) is 11.3. The number of rotatable bonds is 6. The van der Waals surface area contributed by atoms with Crippen molar-refractivity contribution in [3.8, 4) is 23.0 Å². The number of pyridine rings is 1. The standard InChI is InChI=1S/C16H15N3O4/c1-21-13-4-2-3-5-14(13)22-9-8-19-10-12(6-7-15(19)20)16-18-17-11-23-16/h2-7,10-11H,8-9H2,1H3. The smallest absolute Gasteiger partial charge is 0.250 e. The van der Waals surface area contributed by atoms with Gasteiger partial charge >= 0.3 is 0 Å². The normalized spacial score (nSPS) is 10.5. The zero-order chi connectivity index (χ0) is 16.1. The number of para-hydroxylation sites is 2. The van der Waals surface area contributed by atoms with Crippen molar-refractivity contribution in [2.45, 2.75) is 6.54 Å². The minimum absolute atomic E-state index is 0.128. The highest BCUT2D eigenvalue weighted by molar-refractivity contribution is 5.50. The van der Waals surface area contributed by atoms with Gasteiger partial charge in [0, 0.05) is 12.3 Å². The van der Waals surface area contributed by atoms with Crippen LogP contribution in [0.1, 0.15) is 0 Å². The van der Waals surface area contributed by atoms with Gasteiger partial charge in [0.15, 0.2) is 11.5 Å². The van der Waals surface area contributed by atoms with Crippen molar-refractivity contribution in [3.63, 3.8) is 0 Å². The number of hydrogen-bond acceptors (Lipinski definition) is 6.